The van der Waals surface area contributed by atoms with Crippen molar-refractivity contribution in [2.75, 3.05) is 19.7 Å². The van der Waals surface area contributed by atoms with Gasteiger partial charge in [0.15, 0.2) is 6.10 Å². The molecule has 1 fully saturated rings. The summed E-state index contributed by atoms with van der Waals surface area (Å²) in [4.78, 5) is 25.2. The molecule has 3 rings (SSSR count). The van der Waals surface area contributed by atoms with Crippen LogP contribution in [0.4, 0.5) is 8.78 Å². The van der Waals surface area contributed by atoms with Crippen LogP contribution in [0.3, 0.4) is 0 Å². The van der Waals surface area contributed by atoms with E-state index in [1.807, 2.05) is 0 Å². The number of ether oxygens (including phenoxy) is 1. The van der Waals surface area contributed by atoms with E-state index in [2.05, 4.69) is 5.10 Å². The van der Waals surface area contributed by atoms with Crippen molar-refractivity contribution in [3.8, 4) is 11.3 Å². The van der Waals surface area contributed by atoms with Gasteiger partial charge in [-0.25, -0.2) is 13.6 Å². The smallest absolute Gasteiger partial charge is 0.334 e. The predicted octanol–water partition coefficient (Wildman–Crippen LogP) is 1.29. The maximum Gasteiger partial charge on any atom is 0.334 e. The number of halogens is 2. The number of aryl methyl sites for hydroxylation is 1. The second kappa shape index (κ2) is 6.60. The number of rotatable bonds is 3. The first kappa shape index (κ1) is 17.0. The van der Waals surface area contributed by atoms with E-state index in [-0.39, 0.29) is 36.5 Å². The van der Waals surface area contributed by atoms with Crippen molar-refractivity contribution in [2.45, 2.75) is 6.10 Å². The van der Waals surface area contributed by atoms with Crippen molar-refractivity contribution in [1.82, 2.24) is 14.7 Å². The van der Waals surface area contributed by atoms with Crippen LogP contribution in [0.15, 0.2) is 24.4 Å². The highest BCUT2D eigenvalue weighted by atomic mass is 19.1. The minimum atomic E-state index is -1.16. The van der Waals surface area contributed by atoms with Gasteiger partial charge in [-0.3, -0.25) is 9.48 Å². The molecule has 0 spiro atoms. The lowest BCUT2D eigenvalue weighted by Gasteiger charge is -2.30. The molecule has 1 atom stereocenters. The molecule has 0 bridgehead atoms. The van der Waals surface area contributed by atoms with Crippen LogP contribution in [0.2, 0.25) is 0 Å². The van der Waals surface area contributed by atoms with Crippen LogP contribution in [0, 0.1) is 11.6 Å². The third-order valence-electron chi connectivity index (χ3n) is 3.87. The number of benzene rings is 1. The summed E-state index contributed by atoms with van der Waals surface area (Å²) in [6, 6.07) is 3.01. The average Bonchev–Trinajstić information content (AvgIpc) is 2.95. The number of carbonyl (C=O) groups is 2. The highest BCUT2D eigenvalue weighted by Crippen LogP contribution is 2.27. The van der Waals surface area contributed by atoms with Crippen LogP contribution in [-0.2, 0) is 16.6 Å². The molecule has 132 valence electrons. The molecule has 2 heterocycles. The van der Waals surface area contributed by atoms with Crippen LogP contribution in [0.1, 0.15) is 10.4 Å². The molecule has 1 aliphatic rings. The van der Waals surface area contributed by atoms with Crippen LogP contribution in [0.25, 0.3) is 11.3 Å². The summed E-state index contributed by atoms with van der Waals surface area (Å²) in [6.07, 6.45) is 0.312. The molecule has 1 aromatic carbocycles. The number of carbonyl (C=O) groups excluding carboxylic acids is 1. The van der Waals surface area contributed by atoms with Gasteiger partial charge in [-0.05, 0) is 12.1 Å². The molecule has 0 saturated carbocycles. The van der Waals surface area contributed by atoms with E-state index in [9.17, 15) is 18.4 Å². The van der Waals surface area contributed by atoms with Gasteiger partial charge in [-0.15, -0.1) is 0 Å². The van der Waals surface area contributed by atoms with Crippen LogP contribution in [0.5, 0.6) is 0 Å². The van der Waals surface area contributed by atoms with Crippen molar-refractivity contribution in [1.29, 1.82) is 0 Å². The fourth-order valence-electron chi connectivity index (χ4n) is 2.68. The maximum atomic E-state index is 14.1. The third-order valence-corrected chi connectivity index (χ3v) is 3.87. The van der Waals surface area contributed by atoms with Crippen LogP contribution < -0.4 is 0 Å². The first-order valence-electron chi connectivity index (χ1n) is 7.49. The zero-order valence-electron chi connectivity index (χ0n) is 13.3. The molecule has 0 aliphatic carbocycles. The number of carboxylic acid groups (broad SMARTS) is 1. The molecule has 7 nitrogen and oxygen atoms in total. The number of nitrogens with zero attached hydrogens (tertiary/aromatic N) is 3. The number of morpholine rings is 1. The number of aromatic nitrogens is 2. The monoisotopic (exact) mass is 351 g/mol. The minimum Gasteiger partial charge on any atom is -0.479 e. The maximum absolute atomic E-state index is 14.1. The van der Waals surface area contributed by atoms with Crippen molar-refractivity contribution in [3.05, 3.63) is 41.6 Å². The third kappa shape index (κ3) is 3.36. The van der Waals surface area contributed by atoms with Gasteiger partial charge in [0, 0.05) is 31.4 Å². The normalized spacial score (nSPS) is 17.6. The summed E-state index contributed by atoms with van der Waals surface area (Å²) in [5, 5.41) is 13.1. The highest BCUT2D eigenvalue weighted by Gasteiger charge is 2.31. The number of hydrogen-bond acceptors (Lipinski definition) is 4. The summed E-state index contributed by atoms with van der Waals surface area (Å²) in [5.41, 5.74) is 0.177. The Bertz CT molecular complexity index is 837. The molecule has 1 saturated heterocycles. The second-order valence-electron chi connectivity index (χ2n) is 5.64. The molecular weight excluding hydrogens is 336 g/mol. The Labute approximate surface area is 141 Å². The van der Waals surface area contributed by atoms with Gasteiger partial charge in [0.05, 0.1) is 18.7 Å². The predicted molar refractivity (Wildman–Crippen MR) is 81.8 cm³/mol. The van der Waals surface area contributed by atoms with E-state index in [4.69, 9.17) is 9.84 Å². The minimum absolute atomic E-state index is 0.00612. The first-order chi connectivity index (χ1) is 11.9. The van der Waals surface area contributed by atoms with Gasteiger partial charge in [0.2, 0.25) is 0 Å². The highest BCUT2D eigenvalue weighted by molar-refractivity contribution is 6.00. The molecule has 9 heteroatoms. The van der Waals surface area contributed by atoms with Crippen molar-refractivity contribution < 1.29 is 28.2 Å². The summed E-state index contributed by atoms with van der Waals surface area (Å²) in [6.45, 7) is 0.181. The molecule has 1 amide bonds. The summed E-state index contributed by atoms with van der Waals surface area (Å²) >= 11 is 0. The summed E-state index contributed by atoms with van der Waals surface area (Å²) < 4.78 is 33.7. The van der Waals surface area contributed by atoms with E-state index >= 15 is 0 Å². The van der Waals surface area contributed by atoms with E-state index in [1.165, 1.54) is 21.8 Å². The van der Waals surface area contributed by atoms with Crippen molar-refractivity contribution in [3.63, 3.8) is 0 Å². The standard InChI is InChI=1S/C16H15F2N3O4/c1-20-7-11(14(19-20)10-3-2-9(17)6-12(10)18)15(22)21-4-5-25-13(8-21)16(23)24/h2-3,6-7,13H,4-5,8H2,1H3,(H,23,24)/t13-/m0/s1. The number of aliphatic carboxylic acids is 1. The number of carboxylic acids is 1. The number of amides is 1. The largest absolute Gasteiger partial charge is 0.479 e. The summed E-state index contributed by atoms with van der Waals surface area (Å²) in [5.74, 6) is -3.21. The molecule has 1 aliphatic heterocycles. The zero-order valence-corrected chi connectivity index (χ0v) is 13.3. The first-order valence-corrected chi connectivity index (χ1v) is 7.49. The van der Waals surface area contributed by atoms with Gasteiger partial charge in [0.25, 0.3) is 5.91 Å². The van der Waals surface area contributed by atoms with Crippen LogP contribution in [-0.4, -0.2) is 57.5 Å². The lowest BCUT2D eigenvalue weighted by Crippen LogP contribution is -2.48. The Morgan fingerprint density at radius 2 is 2.12 bits per heavy atom. The van der Waals surface area contributed by atoms with E-state index in [0.29, 0.717) is 6.07 Å². The van der Waals surface area contributed by atoms with Gasteiger partial charge in [-0.2, -0.15) is 5.10 Å². The topological polar surface area (TPSA) is 84.7 Å². The fraction of sp³-hybridized carbons (Fsp3) is 0.312. The van der Waals surface area contributed by atoms with Crippen LogP contribution >= 0.6 is 0 Å². The van der Waals surface area contributed by atoms with Gasteiger partial charge in [-0.1, -0.05) is 0 Å². The average molecular weight is 351 g/mol. The quantitative estimate of drug-likeness (QED) is 0.901. The Morgan fingerprint density at radius 3 is 2.80 bits per heavy atom. The number of hydrogen-bond donors (Lipinski definition) is 1. The Morgan fingerprint density at radius 1 is 1.36 bits per heavy atom. The van der Waals surface area contributed by atoms with E-state index < -0.39 is 29.6 Å². The molecular formula is C16H15F2N3O4. The Hall–Kier alpha value is -2.81. The Kier molecular flexibility index (Phi) is 4.49. The fourth-order valence-corrected chi connectivity index (χ4v) is 2.68. The SMILES string of the molecule is Cn1cc(C(=O)N2CCO[C@H](C(=O)O)C2)c(-c2ccc(F)cc2F)n1. The lowest BCUT2D eigenvalue weighted by molar-refractivity contribution is -0.154. The van der Waals surface area contributed by atoms with Gasteiger partial charge in [0.1, 0.15) is 17.3 Å². The summed E-state index contributed by atoms with van der Waals surface area (Å²) in [7, 11) is 1.57. The molecule has 0 unspecified atom stereocenters. The molecule has 1 aromatic heterocycles. The van der Waals surface area contributed by atoms with E-state index in [1.54, 1.807) is 7.05 Å². The lowest BCUT2D eigenvalue weighted by atomic mass is 10.1. The zero-order chi connectivity index (χ0) is 18.1. The second-order valence-corrected chi connectivity index (χ2v) is 5.64. The Balaban J connectivity index is 1.95. The molecule has 2 aromatic rings. The molecule has 0 radical (unpaired) electrons. The van der Waals surface area contributed by atoms with Gasteiger partial charge >= 0.3 is 5.97 Å². The van der Waals surface area contributed by atoms with Crippen molar-refractivity contribution in [2.24, 2.45) is 7.05 Å². The van der Waals surface area contributed by atoms with Gasteiger partial charge < -0.3 is 14.7 Å². The molecule has 1 N–H and O–H groups in total. The molecule has 25 heavy (non-hydrogen) atoms. The van der Waals surface area contributed by atoms with Crippen molar-refractivity contribution >= 4 is 11.9 Å². The van der Waals surface area contributed by atoms with E-state index in [0.717, 1.165) is 6.07 Å².